The van der Waals surface area contributed by atoms with E-state index in [1.807, 2.05) is 0 Å². The number of hydrogen-bond donors (Lipinski definition) is 2. The molecule has 3 heteroatoms. The van der Waals surface area contributed by atoms with Gasteiger partial charge in [0.2, 0.25) is 0 Å². The lowest BCUT2D eigenvalue weighted by atomic mass is 10.1. The number of nitrogens with zero attached hydrogens (tertiary/aromatic N) is 1. The molecule has 0 unspecified atom stereocenters. The van der Waals surface area contributed by atoms with Crippen molar-refractivity contribution >= 4 is 21.8 Å². The molecule has 3 nitrogen and oxygen atoms in total. The minimum absolute atomic E-state index is 0.421. The van der Waals surface area contributed by atoms with Crippen LogP contribution in [0.5, 0.6) is 0 Å². The fourth-order valence-corrected chi connectivity index (χ4v) is 2.81. The lowest BCUT2D eigenvalue weighted by Gasteiger charge is -2.11. The van der Waals surface area contributed by atoms with Gasteiger partial charge in [-0.2, -0.15) is 0 Å². The van der Waals surface area contributed by atoms with E-state index < -0.39 is 0 Å². The zero-order valence-corrected chi connectivity index (χ0v) is 11.2. The van der Waals surface area contributed by atoms with Gasteiger partial charge < -0.3 is 9.77 Å². The van der Waals surface area contributed by atoms with Crippen LogP contribution in [0.2, 0.25) is 0 Å². The maximum atomic E-state index is 8.84. The van der Waals surface area contributed by atoms with Crippen molar-refractivity contribution in [3.8, 4) is 0 Å². The van der Waals surface area contributed by atoms with Gasteiger partial charge in [0.1, 0.15) is 0 Å². The smallest absolute Gasteiger partial charge is 0.0494 e. The molecule has 0 atom stereocenters. The van der Waals surface area contributed by atoms with E-state index in [0.717, 1.165) is 5.56 Å². The van der Waals surface area contributed by atoms with Crippen molar-refractivity contribution in [1.82, 2.24) is 10.0 Å². The molecule has 0 bridgehead atoms. The summed E-state index contributed by atoms with van der Waals surface area (Å²) in [6.45, 7) is 4.88. The summed E-state index contributed by atoms with van der Waals surface area (Å²) in [5.74, 6) is 0. The number of benzene rings is 2. The molecule has 98 valence electrons. The number of rotatable bonds is 3. The van der Waals surface area contributed by atoms with Gasteiger partial charge >= 0.3 is 0 Å². The van der Waals surface area contributed by atoms with Crippen LogP contribution < -0.4 is 5.48 Å². The highest BCUT2D eigenvalue weighted by molar-refractivity contribution is 6.08. The van der Waals surface area contributed by atoms with Gasteiger partial charge in [-0.15, -0.1) is 0 Å². The van der Waals surface area contributed by atoms with Crippen LogP contribution in [0.4, 0.5) is 0 Å². The Morgan fingerprint density at radius 1 is 1.05 bits per heavy atom. The molecule has 19 heavy (non-hydrogen) atoms. The second-order valence-electron chi connectivity index (χ2n) is 5.17. The van der Waals surface area contributed by atoms with E-state index in [0.29, 0.717) is 12.6 Å². The van der Waals surface area contributed by atoms with Crippen molar-refractivity contribution in [2.24, 2.45) is 0 Å². The fourth-order valence-electron chi connectivity index (χ4n) is 2.81. The lowest BCUT2D eigenvalue weighted by Crippen LogP contribution is -2.05. The van der Waals surface area contributed by atoms with Gasteiger partial charge in [-0.25, -0.2) is 5.48 Å². The molecule has 0 spiro atoms. The molecule has 0 saturated carbocycles. The van der Waals surface area contributed by atoms with E-state index >= 15 is 0 Å². The Bertz CT molecular complexity index is 728. The minimum atomic E-state index is 0.421. The van der Waals surface area contributed by atoms with Crippen LogP contribution in [-0.4, -0.2) is 9.77 Å². The van der Waals surface area contributed by atoms with Crippen LogP contribution in [0.3, 0.4) is 0 Å². The number of aromatic nitrogens is 1. The van der Waals surface area contributed by atoms with Gasteiger partial charge in [0.15, 0.2) is 0 Å². The summed E-state index contributed by atoms with van der Waals surface area (Å²) in [5, 5.41) is 11.4. The number of para-hydroxylation sites is 1. The largest absolute Gasteiger partial charge is 0.338 e. The maximum absolute atomic E-state index is 8.84. The zero-order chi connectivity index (χ0) is 13.4. The van der Waals surface area contributed by atoms with Crippen LogP contribution in [0.15, 0.2) is 42.5 Å². The third kappa shape index (κ3) is 1.91. The van der Waals surface area contributed by atoms with E-state index in [4.69, 9.17) is 5.21 Å². The third-order valence-corrected chi connectivity index (χ3v) is 3.57. The topological polar surface area (TPSA) is 37.2 Å². The first-order chi connectivity index (χ1) is 9.22. The molecule has 0 saturated heterocycles. The van der Waals surface area contributed by atoms with Crippen molar-refractivity contribution in [3.63, 3.8) is 0 Å². The number of nitrogens with one attached hydrogen (secondary N) is 1. The molecule has 0 radical (unpaired) electrons. The summed E-state index contributed by atoms with van der Waals surface area (Å²) in [5.41, 5.74) is 5.82. The zero-order valence-electron chi connectivity index (χ0n) is 11.2. The summed E-state index contributed by atoms with van der Waals surface area (Å²) < 4.78 is 2.36. The fraction of sp³-hybridized carbons (Fsp3) is 0.250. The Kier molecular flexibility index (Phi) is 3.01. The van der Waals surface area contributed by atoms with Gasteiger partial charge in [-0.3, -0.25) is 0 Å². The Balaban J connectivity index is 2.38. The van der Waals surface area contributed by atoms with Crippen molar-refractivity contribution in [2.75, 3.05) is 0 Å². The molecule has 2 N–H and O–H groups in total. The Morgan fingerprint density at radius 2 is 1.79 bits per heavy atom. The lowest BCUT2D eigenvalue weighted by molar-refractivity contribution is 0.161. The molecule has 0 fully saturated rings. The second-order valence-corrected chi connectivity index (χ2v) is 5.17. The summed E-state index contributed by atoms with van der Waals surface area (Å²) in [4.78, 5) is 0. The molecule has 2 aromatic carbocycles. The predicted molar refractivity (Wildman–Crippen MR) is 78.5 cm³/mol. The van der Waals surface area contributed by atoms with Crippen molar-refractivity contribution in [2.45, 2.75) is 26.4 Å². The van der Waals surface area contributed by atoms with Crippen molar-refractivity contribution in [1.29, 1.82) is 0 Å². The highest BCUT2D eigenvalue weighted by Crippen LogP contribution is 2.32. The first kappa shape index (κ1) is 12.2. The molecular formula is C16H18N2O. The van der Waals surface area contributed by atoms with Gasteiger partial charge in [-0.1, -0.05) is 24.3 Å². The number of fused-ring (bicyclic) bond motifs is 3. The van der Waals surface area contributed by atoms with Crippen LogP contribution in [0.1, 0.15) is 25.5 Å². The van der Waals surface area contributed by atoms with Crippen LogP contribution in [0.25, 0.3) is 21.8 Å². The van der Waals surface area contributed by atoms with Crippen LogP contribution in [-0.2, 0) is 6.54 Å². The Hall–Kier alpha value is -1.84. The van der Waals surface area contributed by atoms with Crippen LogP contribution in [0, 0.1) is 0 Å². The first-order valence-corrected chi connectivity index (χ1v) is 6.61. The van der Waals surface area contributed by atoms with Crippen molar-refractivity contribution in [3.05, 3.63) is 48.0 Å². The Labute approximate surface area is 112 Å². The number of hydroxylamine groups is 1. The van der Waals surface area contributed by atoms with Gasteiger partial charge in [-0.05, 0) is 37.6 Å². The highest BCUT2D eigenvalue weighted by Gasteiger charge is 2.12. The van der Waals surface area contributed by atoms with E-state index in [1.54, 1.807) is 0 Å². The van der Waals surface area contributed by atoms with E-state index in [2.05, 4.69) is 66.4 Å². The summed E-state index contributed by atoms with van der Waals surface area (Å²) in [6, 6.07) is 15.3. The van der Waals surface area contributed by atoms with Crippen LogP contribution >= 0.6 is 0 Å². The van der Waals surface area contributed by atoms with Gasteiger partial charge in [0.05, 0.1) is 0 Å². The average molecular weight is 254 g/mol. The molecule has 0 aliphatic heterocycles. The predicted octanol–water partition coefficient (Wildman–Crippen LogP) is 3.85. The maximum Gasteiger partial charge on any atom is 0.0494 e. The molecule has 1 heterocycles. The molecule has 0 aliphatic carbocycles. The molecule has 0 aliphatic rings. The van der Waals surface area contributed by atoms with E-state index in [-0.39, 0.29) is 0 Å². The SMILES string of the molecule is CC(C)n1c2ccccc2c2cc(CNO)ccc21. The molecule has 1 aromatic heterocycles. The van der Waals surface area contributed by atoms with Crippen molar-refractivity contribution < 1.29 is 5.21 Å². The summed E-state index contributed by atoms with van der Waals surface area (Å²) >= 11 is 0. The highest BCUT2D eigenvalue weighted by atomic mass is 16.5. The quantitative estimate of drug-likeness (QED) is 0.696. The second kappa shape index (κ2) is 4.68. The molecule has 3 aromatic rings. The third-order valence-electron chi connectivity index (χ3n) is 3.57. The molecule has 0 amide bonds. The van der Waals surface area contributed by atoms with Gasteiger partial charge in [0, 0.05) is 34.4 Å². The average Bonchev–Trinajstić information content (AvgIpc) is 2.73. The Morgan fingerprint density at radius 3 is 2.53 bits per heavy atom. The van der Waals surface area contributed by atoms with E-state index in [1.165, 1.54) is 21.8 Å². The summed E-state index contributed by atoms with van der Waals surface area (Å²) in [7, 11) is 0. The van der Waals surface area contributed by atoms with Gasteiger partial charge in [0.25, 0.3) is 0 Å². The summed E-state index contributed by atoms with van der Waals surface area (Å²) in [6.07, 6.45) is 0. The molecular weight excluding hydrogens is 236 g/mol. The first-order valence-electron chi connectivity index (χ1n) is 6.61. The normalized spacial score (nSPS) is 11.8. The monoisotopic (exact) mass is 254 g/mol. The minimum Gasteiger partial charge on any atom is -0.338 e. The number of hydrogen-bond acceptors (Lipinski definition) is 2. The molecule has 3 rings (SSSR count). The standard InChI is InChI=1S/C16H18N2O/c1-11(2)18-15-6-4-3-5-13(15)14-9-12(10-17-19)7-8-16(14)18/h3-9,11,17,19H,10H2,1-2H3. The van der Waals surface area contributed by atoms with E-state index in [9.17, 15) is 0 Å².